The van der Waals surface area contributed by atoms with Crippen molar-refractivity contribution in [2.45, 2.75) is 39.3 Å². The van der Waals surface area contributed by atoms with Crippen LogP contribution in [0.4, 0.5) is 0 Å². The van der Waals surface area contributed by atoms with Crippen LogP contribution in [0, 0.1) is 0 Å². The molecule has 0 saturated heterocycles. The summed E-state index contributed by atoms with van der Waals surface area (Å²) in [6.07, 6.45) is 0.868. The molecule has 0 saturated carbocycles. The first-order valence-electron chi connectivity index (χ1n) is 7.50. The standard InChI is InChI=1S/C16H24ClN3O2/c1-4-9-18-16(22)12(3)20-15(21)10-19-11(2)13-5-7-14(17)8-6-13/h5-8,11-12,19H,4,9-10H2,1-3H3,(H,18,22)(H,20,21)/t11-,12+/m0/s1. The molecule has 0 radical (unpaired) electrons. The lowest BCUT2D eigenvalue weighted by molar-refractivity contribution is -0.128. The minimum Gasteiger partial charge on any atom is -0.354 e. The van der Waals surface area contributed by atoms with E-state index in [4.69, 9.17) is 11.6 Å². The maximum atomic E-state index is 11.8. The second-order valence-electron chi connectivity index (χ2n) is 5.23. The molecule has 0 heterocycles. The number of hydrogen-bond donors (Lipinski definition) is 3. The van der Waals surface area contributed by atoms with Crippen molar-refractivity contribution in [2.75, 3.05) is 13.1 Å². The van der Waals surface area contributed by atoms with Gasteiger partial charge in [-0.1, -0.05) is 30.7 Å². The summed E-state index contributed by atoms with van der Waals surface area (Å²) >= 11 is 5.84. The van der Waals surface area contributed by atoms with Gasteiger partial charge >= 0.3 is 0 Å². The minimum atomic E-state index is -0.535. The van der Waals surface area contributed by atoms with Gasteiger partial charge in [-0.25, -0.2) is 0 Å². The molecule has 1 aromatic rings. The SMILES string of the molecule is CCCNC(=O)[C@@H](C)NC(=O)CN[C@@H](C)c1ccc(Cl)cc1. The molecular weight excluding hydrogens is 302 g/mol. The van der Waals surface area contributed by atoms with Gasteiger partial charge in [0.1, 0.15) is 6.04 Å². The maximum Gasteiger partial charge on any atom is 0.242 e. The highest BCUT2D eigenvalue weighted by atomic mass is 35.5. The molecule has 5 nitrogen and oxygen atoms in total. The normalized spacial score (nSPS) is 13.3. The van der Waals surface area contributed by atoms with Crippen molar-refractivity contribution < 1.29 is 9.59 Å². The van der Waals surface area contributed by atoms with Crippen molar-refractivity contribution in [2.24, 2.45) is 0 Å². The second kappa shape index (κ2) is 9.43. The van der Waals surface area contributed by atoms with E-state index in [1.165, 1.54) is 0 Å². The molecule has 0 aromatic heterocycles. The smallest absolute Gasteiger partial charge is 0.242 e. The zero-order valence-corrected chi connectivity index (χ0v) is 14.0. The van der Waals surface area contributed by atoms with Crippen molar-refractivity contribution in [3.63, 3.8) is 0 Å². The molecule has 0 spiro atoms. The Morgan fingerprint density at radius 1 is 1.18 bits per heavy atom. The fraction of sp³-hybridized carbons (Fsp3) is 0.500. The molecule has 0 aliphatic carbocycles. The van der Waals surface area contributed by atoms with E-state index in [9.17, 15) is 9.59 Å². The van der Waals surface area contributed by atoms with Crippen LogP contribution in [0.1, 0.15) is 38.8 Å². The summed E-state index contributed by atoms with van der Waals surface area (Å²) in [6.45, 7) is 6.38. The summed E-state index contributed by atoms with van der Waals surface area (Å²) < 4.78 is 0. The number of nitrogens with one attached hydrogen (secondary N) is 3. The van der Waals surface area contributed by atoms with Gasteiger partial charge in [0, 0.05) is 17.6 Å². The average molecular weight is 326 g/mol. The lowest BCUT2D eigenvalue weighted by Crippen LogP contribution is -2.47. The molecule has 0 aliphatic heterocycles. The minimum absolute atomic E-state index is 0.0206. The molecular formula is C16H24ClN3O2. The van der Waals surface area contributed by atoms with Crippen LogP contribution in [0.25, 0.3) is 0 Å². The predicted molar refractivity (Wildman–Crippen MR) is 88.8 cm³/mol. The van der Waals surface area contributed by atoms with E-state index in [2.05, 4.69) is 16.0 Å². The monoisotopic (exact) mass is 325 g/mol. The zero-order valence-electron chi connectivity index (χ0n) is 13.3. The van der Waals surface area contributed by atoms with E-state index in [-0.39, 0.29) is 24.4 Å². The Hall–Kier alpha value is -1.59. The summed E-state index contributed by atoms with van der Waals surface area (Å²) in [5, 5.41) is 9.22. The number of hydrogen-bond acceptors (Lipinski definition) is 3. The quantitative estimate of drug-likeness (QED) is 0.685. The van der Waals surface area contributed by atoms with Crippen LogP contribution < -0.4 is 16.0 Å². The van der Waals surface area contributed by atoms with Gasteiger partial charge in [-0.05, 0) is 38.0 Å². The highest BCUT2D eigenvalue weighted by Gasteiger charge is 2.15. The summed E-state index contributed by atoms with van der Waals surface area (Å²) in [5.41, 5.74) is 1.05. The number of rotatable bonds is 8. The third kappa shape index (κ3) is 6.45. The number of amides is 2. The highest BCUT2D eigenvalue weighted by molar-refractivity contribution is 6.30. The molecule has 3 N–H and O–H groups in total. The number of carbonyl (C=O) groups is 2. The van der Waals surface area contributed by atoms with E-state index in [0.717, 1.165) is 12.0 Å². The van der Waals surface area contributed by atoms with Gasteiger partial charge in [0.25, 0.3) is 0 Å². The third-order valence-corrected chi connectivity index (χ3v) is 3.51. The lowest BCUT2D eigenvalue weighted by Gasteiger charge is -2.17. The van der Waals surface area contributed by atoms with Gasteiger partial charge in [-0.3, -0.25) is 9.59 Å². The van der Waals surface area contributed by atoms with E-state index in [1.54, 1.807) is 6.92 Å². The largest absolute Gasteiger partial charge is 0.354 e. The maximum absolute atomic E-state index is 11.8. The molecule has 0 fully saturated rings. The lowest BCUT2D eigenvalue weighted by atomic mass is 10.1. The summed E-state index contributed by atoms with van der Waals surface area (Å²) in [6, 6.07) is 6.95. The molecule has 122 valence electrons. The first-order valence-corrected chi connectivity index (χ1v) is 7.87. The zero-order chi connectivity index (χ0) is 16.5. The Kier molecular flexibility index (Phi) is 7.91. The molecule has 1 rings (SSSR count). The third-order valence-electron chi connectivity index (χ3n) is 3.26. The summed E-state index contributed by atoms with van der Waals surface area (Å²) in [4.78, 5) is 23.5. The molecule has 0 aliphatic rings. The van der Waals surface area contributed by atoms with Crippen LogP contribution in [-0.2, 0) is 9.59 Å². The van der Waals surface area contributed by atoms with E-state index < -0.39 is 6.04 Å². The van der Waals surface area contributed by atoms with Crippen LogP contribution in [0.5, 0.6) is 0 Å². The molecule has 22 heavy (non-hydrogen) atoms. The molecule has 1 aromatic carbocycles. The second-order valence-corrected chi connectivity index (χ2v) is 5.67. The van der Waals surface area contributed by atoms with Crippen LogP contribution in [0.2, 0.25) is 5.02 Å². The average Bonchev–Trinajstić information content (AvgIpc) is 2.50. The van der Waals surface area contributed by atoms with Gasteiger partial charge in [-0.2, -0.15) is 0 Å². The van der Waals surface area contributed by atoms with Crippen molar-refractivity contribution in [3.05, 3.63) is 34.9 Å². The van der Waals surface area contributed by atoms with Crippen LogP contribution in [-0.4, -0.2) is 30.9 Å². The molecule has 0 bridgehead atoms. The fourth-order valence-corrected chi connectivity index (χ4v) is 2.00. The van der Waals surface area contributed by atoms with Crippen molar-refractivity contribution in [3.8, 4) is 0 Å². The number of carbonyl (C=O) groups excluding carboxylic acids is 2. The predicted octanol–water partition coefficient (Wildman–Crippen LogP) is 2.02. The van der Waals surface area contributed by atoms with E-state index in [1.807, 2.05) is 38.1 Å². The van der Waals surface area contributed by atoms with Gasteiger partial charge in [-0.15, -0.1) is 0 Å². The van der Waals surface area contributed by atoms with Gasteiger partial charge in [0.05, 0.1) is 6.54 Å². The van der Waals surface area contributed by atoms with E-state index >= 15 is 0 Å². The van der Waals surface area contributed by atoms with Gasteiger partial charge in [0.2, 0.25) is 11.8 Å². The van der Waals surface area contributed by atoms with Crippen molar-refractivity contribution in [1.29, 1.82) is 0 Å². The molecule has 2 amide bonds. The Labute approximate surface area is 136 Å². The van der Waals surface area contributed by atoms with Crippen molar-refractivity contribution in [1.82, 2.24) is 16.0 Å². The molecule has 2 atom stereocenters. The number of benzene rings is 1. The Morgan fingerprint density at radius 2 is 1.82 bits per heavy atom. The first-order chi connectivity index (χ1) is 10.4. The Morgan fingerprint density at radius 3 is 2.41 bits per heavy atom. The molecule has 6 heteroatoms. The molecule has 0 unspecified atom stereocenters. The van der Waals surface area contributed by atoms with Crippen molar-refractivity contribution >= 4 is 23.4 Å². The van der Waals surface area contributed by atoms with E-state index in [0.29, 0.717) is 11.6 Å². The fourth-order valence-electron chi connectivity index (χ4n) is 1.87. The van der Waals surface area contributed by atoms with Crippen LogP contribution >= 0.6 is 11.6 Å². The summed E-state index contributed by atoms with van der Waals surface area (Å²) in [5.74, 6) is -0.374. The Bertz CT molecular complexity index is 491. The Balaban J connectivity index is 2.36. The van der Waals surface area contributed by atoms with Crippen LogP contribution in [0.15, 0.2) is 24.3 Å². The van der Waals surface area contributed by atoms with Crippen LogP contribution in [0.3, 0.4) is 0 Å². The summed E-state index contributed by atoms with van der Waals surface area (Å²) in [7, 11) is 0. The number of halogens is 1. The van der Waals surface area contributed by atoms with Gasteiger partial charge < -0.3 is 16.0 Å². The highest BCUT2D eigenvalue weighted by Crippen LogP contribution is 2.15. The first kappa shape index (κ1) is 18.5. The van der Waals surface area contributed by atoms with Gasteiger partial charge in [0.15, 0.2) is 0 Å². The topological polar surface area (TPSA) is 70.2 Å².